The Bertz CT molecular complexity index is 293. The number of hydrogen-bond donors (Lipinski definition) is 0. The first-order valence-corrected chi connectivity index (χ1v) is 4.28. The van der Waals surface area contributed by atoms with Gasteiger partial charge in [0.05, 0.1) is 0 Å². The van der Waals surface area contributed by atoms with Crippen LogP contribution in [0.3, 0.4) is 0 Å². The van der Waals surface area contributed by atoms with Gasteiger partial charge in [0.2, 0.25) is 6.10 Å². The molecule has 0 bridgehead atoms. The van der Waals surface area contributed by atoms with Crippen molar-refractivity contribution in [2.45, 2.75) is 17.5 Å². The second kappa shape index (κ2) is 3.59. The van der Waals surface area contributed by atoms with Crippen LogP contribution in [-0.4, -0.2) is 37.6 Å². The molecule has 1 unspecified atom stereocenters. The number of ether oxygens (including phenoxy) is 1. The molecule has 86 valence electrons. The molecule has 4 nitrogen and oxygen atoms in total. The van der Waals surface area contributed by atoms with Crippen LogP contribution in [0.5, 0.6) is 0 Å². The van der Waals surface area contributed by atoms with Gasteiger partial charge in [0.1, 0.15) is 0 Å². The molecule has 0 aromatic carbocycles. The molecule has 0 aliphatic rings. The zero-order valence-corrected chi connectivity index (χ0v) is 7.32. The molecule has 0 radical (unpaired) electrons. The van der Waals surface area contributed by atoms with E-state index in [4.69, 9.17) is 0 Å². The van der Waals surface area contributed by atoms with Crippen LogP contribution < -0.4 is 0 Å². The first-order valence-electron chi connectivity index (χ1n) is 2.87. The Labute approximate surface area is 75.4 Å². The van der Waals surface area contributed by atoms with Crippen LogP contribution >= 0.6 is 0 Å². The zero-order chi connectivity index (χ0) is 11.8. The summed E-state index contributed by atoms with van der Waals surface area (Å²) in [5.41, 5.74) is 0. The maximum absolute atomic E-state index is 12.3. The zero-order valence-electron chi connectivity index (χ0n) is 6.51. The van der Waals surface area contributed by atoms with E-state index in [-0.39, 0.29) is 7.11 Å². The van der Waals surface area contributed by atoms with Crippen LogP contribution in [0, 0.1) is 0 Å². The van der Waals surface area contributed by atoms with Crippen LogP contribution in [0.2, 0.25) is 0 Å². The van der Waals surface area contributed by atoms with E-state index in [2.05, 4.69) is 4.74 Å². The number of rotatable bonds is 3. The molecule has 0 saturated heterocycles. The van der Waals surface area contributed by atoms with E-state index < -0.39 is 27.7 Å². The van der Waals surface area contributed by atoms with Gasteiger partial charge >= 0.3 is 11.4 Å². The highest BCUT2D eigenvalue weighted by Gasteiger charge is 2.60. The van der Waals surface area contributed by atoms with Gasteiger partial charge in [0.25, 0.3) is 0 Å². The maximum Gasteiger partial charge on any atom is 0.421 e. The highest BCUT2D eigenvalue weighted by molar-refractivity contribution is 7.86. The second-order valence-corrected chi connectivity index (χ2v) is 3.63. The van der Waals surface area contributed by atoms with Gasteiger partial charge in [0.15, 0.2) is 10.1 Å². The van der Waals surface area contributed by atoms with Crippen molar-refractivity contribution >= 4 is 10.1 Å². The summed E-state index contributed by atoms with van der Waals surface area (Å²) in [5.74, 6) is 0. The Hall–Kier alpha value is -0.480. The molecular weight excluding hydrogens is 239 g/mol. The third-order valence-electron chi connectivity index (χ3n) is 1.17. The minimum absolute atomic E-state index is 0.219. The molecule has 0 fully saturated rings. The topological polar surface area (TPSA) is 66.4 Å². The van der Waals surface area contributed by atoms with Crippen LogP contribution in [0.1, 0.15) is 0 Å². The summed E-state index contributed by atoms with van der Waals surface area (Å²) in [5, 5.41) is -5.54. The molecule has 0 amide bonds. The molecular formula is C4H4F5O4S-. The van der Waals surface area contributed by atoms with E-state index in [0.717, 1.165) is 0 Å². The van der Waals surface area contributed by atoms with Crippen LogP contribution in [0.15, 0.2) is 0 Å². The molecule has 0 aliphatic heterocycles. The Balaban J connectivity index is 5.26. The lowest BCUT2D eigenvalue weighted by atomic mass is 10.3. The first-order chi connectivity index (χ1) is 5.94. The Morgan fingerprint density at radius 3 is 1.64 bits per heavy atom. The summed E-state index contributed by atoms with van der Waals surface area (Å²) in [6.45, 7) is 0. The molecule has 14 heavy (non-hydrogen) atoms. The maximum atomic E-state index is 12.3. The van der Waals surface area contributed by atoms with Crippen molar-refractivity contribution in [3.05, 3.63) is 0 Å². The van der Waals surface area contributed by atoms with Gasteiger partial charge in [-0.2, -0.15) is 22.0 Å². The van der Waals surface area contributed by atoms with Gasteiger partial charge < -0.3 is 9.29 Å². The largest absolute Gasteiger partial charge is 0.743 e. The summed E-state index contributed by atoms with van der Waals surface area (Å²) >= 11 is 0. The summed E-state index contributed by atoms with van der Waals surface area (Å²) in [6, 6.07) is 0. The molecule has 0 N–H and O–H groups in total. The molecule has 0 spiro atoms. The molecule has 0 aromatic heterocycles. The first kappa shape index (κ1) is 13.5. The predicted molar refractivity (Wildman–Crippen MR) is 31.5 cm³/mol. The van der Waals surface area contributed by atoms with Crippen LogP contribution in [0.25, 0.3) is 0 Å². The van der Waals surface area contributed by atoms with Gasteiger partial charge in [0, 0.05) is 7.11 Å². The van der Waals surface area contributed by atoms with Crippen molar-refractivity contribution in [2.75, 3.05) is 7.11 Å². The van der Waals surface area contributed by atoms with Crippen molar-refractivity contribution < 1.29 is 39.7 Å². The molecule has 10 heteroatoms. The minimum atomic E-state index is -6.43. The van der Waals surface area contributed by atoms with E-state index in [1.165, 1.54) is 0 Å². The molecule has 0 saturated carbocycles. The predicted octanol–water partition coefficient (Wildman–Crippen LogP) is 0.702. The standard InChI is InChI=1S/C4H5F5O4S/c1-13-2(3(5,6)7)4(8,9)14(10,11)12/h2H,1H3,(H,10,11,12)/p-1. The van der Waals surface area contributed by atoms with Crippen molar-refractivity contribution in [2.24, 2.45) is 0 Å². The van der Waals surface area contributed by atoms with E-state index in [0.29, 0.717) is 0 Å². The number of halogens is 5. The Morgan fingerprint density at radius 1 is 1.21 bits per heavy atom. The SMILES string of the molecule is COC(C(F)(F)F)C(F)(F)S(=O)(=O)[O-]. The monoisotopic (exact) mass is 243 g/mol. The molecule has 0 heterocycles. The number of methoxy groups -OCH3 is 1. The fourth-order valence-corrected chi connectivity index (χ4v) is 1.08. The van der Waals surface area contributed by atoms with Gasteiger partial charge in [-0.15, -0.1) is 0 Å². The van der Waals surface area contributed by atoms with Gasteiger partial charge in [-0.3, -0.25) is 0 Å². The highest BCUT2D eigenvalue weighted by atomic mass is 32.2. The normalized spacial score (nSPS) is 16.8. The number of hydrogen-bond acceptors (Lipinski definition) is 4. The lowest BCUT2D eigenvalue weighted by molar-refractivity contribution is -0.257. The van der Waals surface area contributed by atoms with E-state index in [9.17, 15) is 34.9 Å². The van der Waals surface area contributed by atoms with Crippen molar-refractivity contribution in [1.82, 2.24) is 0 Å². The van der Waals surface area contributed by atoms with E-state index >= 15 is 0 Å². The molecule has 0 aliphatic carbocycles. The lowest BCUT2D eigenvalue weighted by Gasteiger charge is -2.28. The number of alkyl halides is 5. The van der Waals surface area contributed by atoms with Gasteiger partial charge in [-0.25, -0.2) is 8.42 Å². The third-order valence-corrected chi connectivity index (χ3v) is 2.05. The average Bonchev–Trinajstić information content (AvgIpc) is 1.80. The van der Waals surface area contributed by atoms with E-state index in [1.807, 2.05) is 0 Å². The Morgan fingerprint density at radius 2 is 1.57 bits per heavy atom. The fraction of sp³-hybridized carbons (Fsp3) is 1.00. The smallest absolute Gasteiger partial charge is 0.421 e. The quantitative estimate of drug-likeness (QED) is 0.540. The second-order valence-electron chi connectivity index (χ2n) is 2.17. The van der Waals surface area contributed by atoms with Crippen molar-refractivity contribution in [3.8, 4) is 0 Å². The van der Waals surface area contributed by atoms with Crippen molar-refractivity contribution in [1.29, 1.82) is 0 Å². The summed E-state index contributed by atoms with van der Waals surface area (Å²) in [7, 11) is -6.21. The fourth-order valence-electron chi connectivity index (χ4n) is 0.592. The summed E-state index contributed by atoms with van der Waals surface area (Å²) in [6.07, 6.45) is -9.60. The molecule has 0 aromatic rings. The molecule has 1 atom stereocenters. The summed E-state index contributed by atoms with van der Waals surface area (Å²) in [4.78, 5) is 0. The van der Waals surface area contributed by atoms with Crippen LogP contribution in [0.4, 0.5) is 22.0 Å². The molecule has 0 rings (SSSR count). The van der Waals surface area contributed by atoms with Crippen molar-refractivity contribution in [3.63, 3.8) is 0 Å². The van der Waals surface area contributed by atoms with Crippen LogP contribution in [-0.2, 0) is 14.9 Å². The lowest BCUT2D eigenvalue weighted by Crippen LogP contribution is -2.50. The van der Waals surface area contributed by atoms with E-state index in [1.54, 1.807) is 0 Å². The third kappa shape index (κ3) is 2.51. The summed E-state index contributed by atoms with van der Waals surface area (Å²) < 4.78 is 92.6. The minimum Gasteiger partial charge on any atom is -0.743 e. The van der Waals surface area contributed by atoms with Gasteiger partial charge in [-0.1, -0.05) is 0 Å². The van der Waals surface area contributed by atoms with Gasteiger partial charge in [-0.05, 0) is 0 Å². The Kier molecular flexibility index (Phi) is 3.46. The average molecular weight is 243 g/mol. The highest BCUT2D eigenvalue weighted by Crippen LogP contribution is 2.37.